The number of hydrogen-bond acceptors (Lipinski definition) is 6. The molecule has 0 fully saturated rings. The van der Waals surface area contributed by atoms with E-state index in [1.54, 1.807) is 38.5 Å². The van der Waals surface area contributed by atoms with Crippen LogP contribution in [0.15, 0.2) is 71.1 Å². The molecule has 0 radical (unpaired) electrons. The zero-order chi connectivity index (χ0) is 21.8. The molecule has 0 amide bonds. The first-order valence-corrected chi connectivity index (χ1v) is 9.79. The summed E-state index contributed by atoms with van der Waals surface area (Å²) in [5, 5.41) is 11.9. The minimum atomic E-state index is -0.652. The van der Waals surface area contributed by atoms with E-state index in [0.717, 1.165) is 5.56 Å². The van der Waals surface area contributed by atoms with Crippen molar-refractivity contribution in [2.75, 3.05) is 19.5 Å². The Bertz CT molecular complexity index is 1180. The summed E-state index contributed by atoms with van der Waals surface area (Å²) < 4.78 is 30.4. The molecular formula is C23H19ClFN3O3. The lowest BCUT2D eigenvalue weighted by Gasteiger charge is -2.20. The van der Waals surface area contributed by atoms with E-state index in [0.29, 0.717) is 28.6 Å². The van der Waals surface area contributed by atoms with E-state index >= 15 is 0 Å². The van der Waals surface area contributed by atoms with Crippen LogP contribution in [-0.4, -0.2) is 24.4 Å². The van der Waals surface area contributed by atoms with Crippen molar-refractivity contribution in [2.24, 2.45) is 0 Å². The molecule has 1 unspecified atom stereocenters. The van der Waals surface area contributed by atoms with E-state index in [1.807, 2.05) is 30.3 Å². The zero-order valence-corrected chi connectivity index (χ0v) is 17.6. The lowest BCUT2D eigenvalue weighted by molar-refractivity contribution is 0.395. The van der Waals surface area contributed by atoms with Crippen LogP contribution in [-0.2, 0) is 0 Å². The van der Waals surface area contributed by atoms with Gasteiger partial charge in [0.2, 0.25) is 11.8 Å². The zero-order valence-electron chi connectivity index (χ0n) is 16.8. The van der Waals surface area contributed by atoms with E-state index in [4.69, 9.17) is 25.5 Å². The number of nitrogens with one attached hydrogen (secondary N) is 1. The molecule has 1 atom stereocenters. The topological polar surface area (TPSA) is 69.4 Å². The van der Waals surface area contributed by atoms with E-state index in [9.17, 15) is 4.39 Å². The van der Waals surface area contributed by atoms with Gasteiger partial charge >= 0.3 is 0 Å². The van der Waals surface area contributed by atoms with Crippen molar-refractivity contribution in [1.82, 2.24) is 10.2 Å². The molecule has 4 rings (SSSR count). The second kappa shape index (κ2) is 9.06. The molecule has 1 heterocycles. The molecule has 0 aliphatic carbocycles. The van der Waals surface area contributed by atoms with E-state index < -0.39 is 11.9 Å². The second-order valence-electron chi connectivity index (χ2n) is 6.62. The third-order valence-corrected chi connectivity index (χ3v) is 5.02. The predicted molar refractivity (Wildman–Crippen MR) is 116 cm³/mol. The van der Waals surface area contributed by atoms with Crippen LogP contribution in [0.4, 0.5) is 10.1 Å². The van der Waals surface area contributed by atoms with E-state index in [1.165, 1.54) is 12.1 Å². The number of rotatable bonds is 7. The molecular weight excluding hydrogens is 421 g/mol. The summed E-state index contributed by atoms with van der Waals surface area (Å²) in [7, 11) is 3.13. The molecule has 0 bridgehead atoms. The Morgan fingerprint density at radius 1 is 0.968 bits per heavy atom. The molecule has 158 valence electrons. The van der Waals surface area contributed by atoms with Gasteiger partial charge in [-0.1, -0.05) is 35.9 Å². The van der Waals surface area contributed by atoms with Gasteiger partial charge in [0.1, 0.15) is 23.4 Å². The number of hydrogen-bond donors (Lipinski definition) is 1. The highest BCUT2D eigenvalue weighted by molar-refractivity contribution is 6.31. The molecule has 8 heteroatoms. The molecule has 0 aliphatic heterocycles. The Kier molecular flexibility index (Phi) is 6.04. The van der Waals surface area contributed by atoms with Crippen molar-refractivity contribution in [3.63, 3.8) is 0 Å². The third-order valence-electron chi connectivity index (χ3n) is 4.69. The fourth-order valence-corrected chi connectivity index (χ4v) is 3.41. The summed E-state index contributed by atoms with van der Waals surface area (Å²) in [5.74, 6) is 1.38. The van der Waals surface area contributed by atoms with Gasteiger partial charge in [-0.15, -0.1) is 10.2 Å². The van der Waals surface area contributed by atoms with Crippen molar-refractivity contribution >= 4 is 17.3 Å². The quantitative estimate of drug-likeness (QED) is 0.395. The SMILES string of the molecule is COc1ccc(NC(c2nnc(-c3ccccc3)o2)c2ccc(F)cc2Cl)c(OC)c1. The lowest BCUT2D eigenvalue weighted by Crippen LogP contribution is -2.14. The van der Waals surface area contributed by atoms with Gasteiger partial charge in [0, 0.05) is 22.2 Å². The summed E-state index contributed by atoms with van der Waals surface area (Å²) in [6.45, 7) is 0. The highest BCUT2D eigenvalue weighted by Crippen LogP contribution is 2.37. The number of ether oxygens (including phenoxy) is 2. The average Bonchev–Trinajstić information content (AvgIpc) is 3.28. The first-order chi connectivity index (χ1) is 15.1. The smallest absolute Gasteiger partial charge is 0.247 e. The normalized spacial score (nSPS) is 11.7. The maximum atomic E-state index is 13.7. The number of halogens is 2. The Balaban J connectivity index is 1.77. The second-order valence-corrected chi connectivity index (χ2v) is 7.03. The van der Waals surface area contributed by atoms with Gasteiger partial charge in [-0.05, 0) is 36.4 Å². The van der Waals surface area contributed by atoms with Crippen molar-refractivity contribution in [3.05, 3.63) is 89.0 Å². The Hall–Kier alpha value is -3.58. The van der Waals surface area contributed by atoms with E-state index in [2.05, 4.69) is 15.5 Å². The highest BCUT2D eigenvalue weighted by Gasteiger charge is 2.25. The van der Waals surface area contributed by atoms with Gasteiger partial charge in [0.15, 0.2) is 0 Å². The summed E-state index contributed by atoms with van der Waals surface area (Å²) in [6.07, 6.45) is 0. The fraction of sp³-hybridized carbons (Fsp3) is 0.130. The molecule has 3 aromatic carbocycles. The van der Waals surface area contributed by atoms with Crippen LogP contribution in [0.1, 0.15) is 17.5 Å². The van der Waals surface area contributed by atoms with Crippen LogP contribution in [0.3, 0.4) is 0 Å². The number of benzene rings is 3. The van der Waals surface area contributed by atoms with Crippen LogP contribution in [0, 0.1) is 5.82 Å². The molecule has 1 aromatic heterocycles. The number of aromatic nitrogens is 2. The molecule has 0 spiro atoms. The van der Waals surface area contributed by atoms with Crippen molar-refractivity contribution < 1.29 is 18.3 Å². The summed E-state index contributed by atoms with van der Waals surface area (Å²) in [5.41, 5.74) is 2.00. The number of anilines is 1. The first kappa shape index (κ1) is 20.7. The Morgan fingerprint density at radius 2 is 1.77 bits per heavy atom. The van der Waals surface area contributed by atoms with Gasteiger partial charge in [-0.3, -0.25) is 0 Å². The van der Waals surface area contributed by atoms with Crippen LogP contribution < -0.4 is 14.8 Å². The van der Waals surface area contributed by atoms with Crippen LogP contribution in [0.25, 0.3) is 11.5 Å². The van der Waals surface area contributed by atoms with Crippen molar-refractivity contribution in [1.29, 1.82) is 0 Å². The van der Waals surface area contributed by atoms with Crippen LogP contribution in [0.2, 0.25) is 5.02 Å². The molecule has 6 nitrogen and oxygen atoms in total. The summed E-state index contributed by atoms with van der Waals surface area (Å²) in [4.78, 5) is 0. The Morgan fingerprint density at radius 3 is 2.48 bits per heavy atom. The van der Waals surface area contributed by atoms with Gasteiger partial charge in [-0.25, -0.2) is 4.39 Å². The first-order valence-electron chi connectivity index (χ1n) is 9.41. The molecule has 4 aromatic rings. The van der Waals surface area contributed by atoms with Gasteiger partial charge in [-0.2, -0.15) is 0 Å². The number of methoxy groups -OCH3 is 2. The molecule has 31 heavy (non-hydrogen) atoms. The van der Waals surface area contributed by atoms with Crippen molar-refractivity contribution in [2.45, 2.75) is 6.04 Å². The third kappa shape index (κ3) is 4.46. The number of nitrogens with zero attached hydrogens (tertiary/aromatic N) is 2. The maximum Gasteiger partial charge on any atom is 0.247 e. The summed E-state index contributed by atoms with van der Waals surface area (Å²) >= 11 is 6.36. The molecule has 0 aliphatic rings. The van der Waals surface area contributed by atoms with Crippen molar-refractivity contribution in [3.8, 4) is 23.0 Å². The monoisotopic (exact) mass is 439 g/mol. The average molecular weight is 440 g/mol. The predicted octanol–water partition coefficient (Wildman–Crippen LogP) is 5.75. The summed E-state index contributed by atoms with van der Waals surface area (Å²) in [6, 6.07) is 18.2. The highest BCUT2D eigenvalue weighted by atomic mass is 35.5. The standard InChI is InChI=1S/C23H19ClFN3O3/c1-29-16-9-11-19(20(13-16)30-2)26-21(17-10-8-15(25)12-18(17)24)23-28-27-22(31-23)14-6-4-3-5-7-14/h3-13,21,26H,1-2H3. The minimum absolute atomic E-state index is 0.226. The van der Waals surface area contributed by atoms with Gasteiger partial charge in [0.05, 0.1) is 19.9 Å². The molecule has 0 saturated heterocycles. The van der Waals surface area contributed by atoms with E-state index in [-0.39, 0.29) is 10.9 Å². The minimum Gasteiger partial charge on any atom is -0.497 e. The Labute approximate surface area is 183 Å². The van der Waals surface area contributed by atoms with Gasteiger partial charge in [0.25, 0.3) is 0 Å². The van der Waals surface area contributed by atoms with Crippen LogP contribution >= 0.6 is 11.6 Å². The maximum absolute atomic E-state index is 13.7. The van der Waals surface area contributed by atoms with Crippen LogP contribution in [0.5, 0.6) is 11.5 Å². The molecule has 0 saturated carbocycles. The largest absolute Gasteiger partial charge is 0.497 e. The molecule has 1 N–H and O–H groups in total. The lowest BCUT2D eigenvalue weighted by atomic mass is 10.1. The fourth-order valence-electron chi connectivity index (χ4n) is 3.13. The van der Waals surface area contributed by atoms with Gasteiger partial charge < -0.3 is 19.2 Å².